The van der Waals surface area contributed by atoms with Crippen molar-refractivity contribution in [3.8, 4) is 0 Å². The number of rotatable bonds is 3. The lowest BCUT2D eigenvalue weighted by Gasteiger charge is -2.35. The van der Waals surface area contributed by atoms with Crippen molar-refractivity contribution in [2.24, 2.45) is 0 Å². The molecule has 0 spiro atoms. The third-order valence-corrected chi connectivity index (χ3v) is 4.12. The zero-order chi connectivity index (χ0) is 13.5. The Morgan fingerprint density at radius 3 is 2.89 bits per heavy atom. The van der Waals surface area contributed by atoms with Crippen LogP contribution in [0.25, 0.3) is 0 Å². The molecule has 0 aliphatic carbocycles. The number of β-amino-alcohol motifs (C(OH)–C–C–N with tert-alkyl or cyclic N) is 1. The van der Waals surface area contributed by atoms with Gasteiger partial charge in [-0.05, 0) is 39.7 Å². The molecule has 19 heavy (non-hydrogen) atoms. The molecular weight excluding hydrogens is 240 g/mol. The van der Waals surface area contributed by atoms with Crippen LogP contribution < -0.4 is 0 Å². The summed E-state index contributed by atoms with van der Waals surface area (Å²) in [4.78, 5) is 2.37. The van der Waals surface area contributed by atoms with Gasteiger partial charge in [-0.25, -0.2) is 0 Å². The number of fused-ring (bicyclic) bond motifs is 1. The lowest BCUT2D eigenvalue weighted by atomic mass is 9.96. The maximum absolute atomic E-state index is 9.97. The van der Waals surface area contributed by atoms with E-state index in [1.165, 1.54) is 25.1 Å². The number of aliphatic hydroxyl groups is 1. The average molecular weight is 264 g/mol. The predicted octanol–water partition coefficient (Wildman–Crippen LogP) is 1.17. The Kier molecular flexibility index (Phi) is 3.35. The number of nitrogens with zero attached hydrogens (tertiary/aromatic N) is 4. The summed E-state index contributed by atoms with van der Waals surface area (Å²) in [6.45, 7) is 7.67. The smallest absolute Gasteiger partial charge is 0.137 e. The molecular formula is C14H24N4O. The monoisotopic (exact) mass is 264 g/mol. The SMILES string of the molecule is CC(C)(O)CN1CCCC(c2nnc3n2CCC3)C1. The van der Waals surface area contributed by atoms with E-state index >= 15 is 0 Å². The molecule has 1 aromatic rings. The second-order valence-corrected chi connectivity index (χ2v) is 6.62. The molecule has 1 unspecified atom stereocenters. The summed E-state index contributed by atoms with van der Waals surface area (Å²) in [6.07, 6.45) is 4.66. The average Bonchev–Trinajstić information content (AvgIpc) is 2.87. The van der Waals surface area contributed by atoms with Gasteiger partial charge in [0.25, 0.3) is 0 Å². The van der Waals surface area contributed by atoms with Crippen LogP contribution in [0.4, 0.5) is 0 Å². The first kappa shape index (κ1) is 13.1. The van der Waals surface area contributed by atoms with Gasteiger partial charge in [-0.1, -0.05) is 0 Å². The van der Waals surface area contributed by atoms with Crippen molar-refractivity contribution >= 4 is 0 Å². The lowest BCUT2D eigenvalue weighted by molar-refractivity contribution is 0.0265. The van der Waals surface area contributed by atoms with Crippen LogP contribution in [-0.2, 0) is 13.0 Å². The van der Waals surface area contributed by atoms with E-state index in [2.05, 4.69) is 19.7 Å². The highest BCUT2D eigenvalue weighted by atomic mass is 16.3. The lowest BCUT2D eigenvalue weighted by Crippen LogP contribution is -2.43. The van der Waals surface area contributed by atoms with Crippen LogP contribution in [0.1, 0.15) is 50.7 Å². The molecule has 1 aromatic heterocycles. The summed E-state index contributed by atoms with van der Waals surface area (Å²) in [7, 11) is 0. The van der Waals surface area contributed by atoms with Gasteiger partial charge in [0, 0.05) is 32.0 Å². The van der Waals surface area contributed by atoms with Gasteiger partial charge >= 0.3 is 0 Å². The maximum atomic E-state index is 9.97. The summed E-state index contributed by atoms with van der Waals surface area (Å²) in [5.41, 5.74) is -0.616. The molecule has 5 nitrogen and oxygen atoms in total. The summed E-state index contributed by atoms with van der Waals surface area (Å²) < 4.78 is 2.32. The van der Waals surface area contributed by atoms with Crippen molar-refractivity contribution in [2.75, 3.05) is 19.6 Å². The third kappa shape index (κ3) is 2.82. The fraction of sp³-hybridized carbons (Fsp3) is 0.857. The molecule has 1 atom stereocenters. The van der Waals surface area contributed by atoms with Crippen LogP contribution in [0.5, 0.6) is 0 Å². The van der Waals surface area contributed by atoms with E-state index < -0.39 is 5.60 Å². The Morgan fingerprint density at radius 2 is 2.11 bits per heavy atom. The molecule has 0 amide bonds. The summed E-state index contributed by atoms with van der Waals surface area (Å²) in [5.74, 6) is 2.82. The van der Waals surface area contributed by atoms with E-state index in [0.29, 0.717) is 5.92 Å². The number of aromatic nitrogens is 3. The molecule has 0 aromatic carbocycles. The number of piperidine rings is 1. The van der Waals surface area contributed by atoms with E-state index in [-0.39, 0.29) is 0 Å². The van der Waals surface area contributed by atoms with Gasteiger partial charge in [-0.2, -0.15) is 0 Å². The quantitative estimate of drug-likeness (QED) is 0.890. The number of aryl methyl sites for hydroxylation is 1. The second-order valence-electron chi connectivity index (χ2n) is 6.62. The molecule has 1 fully saturated rings. The van der Waals surface area contributed by atoms with Crippen LogP contribution in [0, 0.1) is 0 Å². The molecule has 106 valence electrons. The first-order chi connectivity index (χ1) is 9.03. The highest BCUT2D eigenvalue weighted by Gasteiger charge is 2.30. The summed E-state index contributed by atoms with van der Waals surface area (Å²) >= 11 is 0. The predicted molar refractivity (Wildman–Crippen MR) is 73.1 cm³/mol. The third-order valence-electron chi connectivity index (χ3n) is 4.12. The highest BCUT2D eigenvalue weighted by Crippen LogP contribution is 2.28. The van der Waals surface area contributed by atoms with Gasteiger partial charge in [0.2, 0.25) is 0 Å². The Morgan fingerprint density at radius 1 is 1.26 bits per heavy atom. The van der Waals surface area contributed by atoms with Gasteiger partial charge < -0.3 is 9.67 Å². The second kappa shape index (κ2) is 4.87. The largest absolute Gasteiger partial charge is 0.389 e. The standard InChI is InChI=1S/C14H24N4O/c1-14(2,19)10-17-7-3-5-11(9-17)13-16-15-12-6-4-8-18(12)13/h11,19H,3-10H2,1-2H3. The minimum absolute atomic E-state index is 0.482. The Balaban J connectivity index is 1.71. The molecule has 3 heterocycles. The van der Waals surface area contributed by atoms with Crippen LogP contribution in [0.15, 0.2) is 0 Å². The zero-order valence-electron chi connectivity index (χ0n) is 12.0. The van der Waals surface area contributed by atoms with Crippen molar-refractivity contribution in [3.05, 3.63) is 11.6 Å². The van der Waals surface area contributed by atoms with Crippen LogP contribution in [-0.4, -0.2) is 50.0 Å². The van der Waals surface area contributed by atoms with E-state index in [4.69, 9.17) is 0 Å². The van der Waals surface area contributed by atoms with Gasteiger partial charge in [-0.3, -0.25) is 4.90 Å². The first-order valence-electron chi connectivity index (χ1n) is 7.40. The number of hydrogen-bond acceptors (Lipinski definition) is 4. The van der Waals surface area contributed by atoms with Crippen molar-refractivity contribution in [1.29, 1.82) is 0 Å². The molecule has 1 N–H and O–H groups in total. The highest BCUT2D eigenvalue weighted by molar-refractivity contribution is 5.07. The van der Waals surface area contributed by atoms with E-state index in [0.717, 1.165) is 38.4 Å². The van der Waals surface area contributed by atoms with Crippen molar-refractivity contribution < 1.29 is 5.11 Å². The first-order valence-corrected chi connectivity index (χ1v) is 7.40. The van der Waals surface area contributed by atoms with Crippen LogP contribution in [0.2, 0.25) is 0 Å². The maximum Gasteiger partial charge on any atom is 0.137 e. The topological polar surface area (TPSA) is 54.2 Å². The minimum atomic E-state index is -0.616. The minimum Gasteiger partial charge on any atom is -0.389 e. The Hall–Kier alpha value is -0.940. The molecule has 0 radical (unpaired) electrons. The fourth-order valence-corrected chi connectivity index (χ4v) is 3.43. The normalized spacial score (nSPS) is 24.7. The molecule has 2 aliphatic rings. The van der Waals surface area contributed by atoms with Crippen molar-refractivity contribution in [1.82, 2.24) is 19.7 Å². The fourth-order valence-electron chi connectivity index (χ4n) is 3.43. The van der Waals surface area contributed by atoms with E-state index in [1.807, 2.05) is 13.8 Å². The Labute approximate surface area is 114 Å². The summed E-state index contributed by atoms with van der Waals surface area (Å²) in [5, 5.41) is 18.7. The van der Waals surface area contributed by atoms with Crippen LogP contribution in [0.3, 0.4) is 0 Å². The zero-order valence-corrected chi connectivity index (χ0v) is 12.0. The summed E-state index contributed by atoms with van der Waals surface area (Å²) in [6, 6.07) is 0. The molecule has 0 saturated carbocycles. The van der Waals surface area contributed by atoms with Gasteiger partial charge in [-0.15, -0.1) is 10.2 Å². The van der Waals surface area contributed by atoms with Gasteiger partial charge in [0.1, 0.15) is 11.6 Å². The van der Waals surface area contributed by atoms with Gasteiger partial charge in [0.05, 0.1) is 5.60 Å². The Bertz CT molecular complexity index is 449. The number of hydrogen-bond donors (Lipinski definition) is 1. The van der Waals surface area contributed by atoms with Crippen molar-refractivity contribution in [2.45, 2.75) is 57.6 Å². The molecule has 5 heteroatoms. The van der Waals surface area contributed by atoms with E-state index in [9.17, 15) is 5.11 Å². The molecule has 3 rings (SSSR count). The molecule has 0 bridgehead atoms. The van der Waals surface area contributed by atoms with Crippen molar-refractivity contribution in [3.63, 3.8) is 0 Å². The van der Waals surface area contributed by atoms with E-state index in [1.54, 1.807) is 0 Å². The van der Waals surface area contributed by atoms with Gasteiger partial charge in [0.15, 0.2) is 0 Å². The molecule has 2 aliphatic heterocycles. The van der Waals surface area contributed by atoms with Crippen LogP contribution >= 0.6 is 0 Å². The molecule has 1 saturated heterocycles. The number of likely N-dealkylation sites (tertiary alicyclic amines) is 1.